The molecule has 1 saturated carbocycles. The molecule has 0 bridgehead atoms. The predicted octanol–water partition coefficient (Wildman–Crippen LogP) is 3.66. The van der Waals surface area contributed by atoms with Gasteiger partial charge in [0.1, 0.15) is 16.1 Å². The van der Waals surface area contributed by atoms with Gasteiger partial charge < -0.3 is 4.55 Å². The fourth-order valence-electron chi connectivity index (χ4n) is 2.02. The summed E-state index contributed by atoms with van der Waals surface area (Å²) in [5.41, 5.74) is 1.23. The zero-order valence-electron chi connectivity index (χ0n) is 10.9. The monoisotopic (exact) mass is 241 g/mol. The van der Waals surface area contributed by atoms with Gasteiger partial charge in [0, 0.05) is 5.41 Å². The number of allylic oxidation sites excluding steroid dienone is 1. The van der Waals surface area contributed by atoms with Crippen LogP contribution in [0.5, 0.6) is 0 Å². The Kier molecular flexibility index (Phi) is 4.24. The lowest BCUT2D eigenvalue weighted by molar-refractivity contribution is 0.465. The first kappa shape index (κ1) is 13.8. The highest BCUT2D eigenvalue weighted by atomic mass is 32.2. The molecule has 2 nitrogen and oxygen atoms in total. The largest absolute Gasteiger partial charge is 0.591 e. The highest BCUT2D eigenvalue weighted by Gasteiger charge is 2.37. The number of hydrogen-bond acceptors (Lipinski definition) is 2. The lowest BCUT2D eigenvalue weighted by Crippen LogP contribution is -2.29. The summed E-state index contributed by atoms with van der Waals surface area (Å²) in [5, 5.41) is 0. The number of hydrogen-bond donors (Lipinski definition) is 0. The van der Waals surface area contributed by atoms with Crippen molar-refractivity contribution in [3.05, 3.63) is 12.7 Å². The van der Waals surface area contributed by atoms with Crippen LogP contribution < -0.4 is 0 Å². The van der Waals surface area contributed by atoms with Gasteiger partial charge in [0.15, 0.2) is 0 Å². The molecule has 0 aromatic carbocycles. The first-order valence-electron chi connectivity index (χ1n) is 5.90. The molecular formula is C13H23NOS. The van der Waals surface area contributed by atoms with Crippen LogP contribution in [-0.2, 0) is 11.4 Å². The highest BCUT2D eigenvalue weighted by molar-refractivity contribution is 7.91. The molecule has 0 amide bonds. The lowest BCUT2D eigenvalue weighted by Gasteiger charge is -2.25. The van der Waals surface area contributed by atoms with Gasteiger partial charge in [0.2, 0.25) is 0 Å². The van der Waals surface area contributed by atoms with Gasteiger partial charge in [0.25, 0.3) is 0 Å². The van der Waals surface area contributed by atoms with Gasteiger partial charge in [-0.2, -0.15) is 0 Å². The summed E-state index contributed by atoms with van der Waals surface area (Å²) < 4.78 is 16.2. The Morgan fingerprint density at radius 2 is 2.19 bits per heavy atom. The van der Waals surface area contributed by atoms with E-state index >= 15 is 0 Å². The van der Waals surface area contributed by atoms with Crippen LogP contribution in [0.3, 0.4) is 0 Å². The average molecular weight is 241 g/mol. The molecule has 1 aliphatic carbocycles. The van der Waals surface area contributed by atoms with Crippen molar-refractivity contribution in [2.75, 3.05) is 0 Å². The zero-order chi connectivity index (χ0) is 12.4. The van der Waals surface area contributed by atoms with E-state index in [1.807, 2.05) is 26.8 Å². The van der Waals surface area contributed by atoms with E-state index in [1.165, 1.54) is 0 Å². The topological polar surface area (TPSA) is 35.4 Å². The summed E-state index contributed by atoms with van der Waals surface area (Å²) >= 11 is -1.12. The molecule has 2 atom stereocenters. The Morgan fingerprint density at radius 3 is 2.69 bits per heavy atom. The van der Waals surface area contributed by atoms with Crippen LogP contribution >= 0.6 is 0 Å². The van der Waals surface area contributed by atoms with E-state index in [0.29, 0.717) is 0 Å². The lowest BCUT2D eigenvalue weighted by atomic mass is 9.84. The van der Waals surface area contributed by atoms with Crippen LogP contribution in [-0.4, -0.2) is 15.0 Å². The van der Waals surface area contributed by atoms with Crippen molar-refractivity contribution < 1.29 is 4.55 Å². The van der Waals surface area contributed by atoms with Crippen molar-refractivity contribution in [2.45, 2.75) is 58.1 Å². The summed E-state index contributed by atoms with van der Waals surface area (Å²) in [7, 11) is 0. The standard InChI is InChI=1S/C13H23NOS/c1-6-9-13(5)10-7-8-11(13)14-16(15)12(2,3)4/h6H,1,7-10H2,2-5H3/b14-11+/t13-,16?/m1/s1. The molecule has 0 heterocycles. The van der Waals surface area contributed by atoms with Gasteiger partial charge in [0.05, 0.1) is 5.71 Å². The Bertz CT molecular complexity index is 293. The van der Waals surface area contributed by atoms with Crippen LogP contribution in [0.2, 0.25) is 0 Å². The smallest absolute Gasteiger partial charge is 0.144 e. The minimum absolute atomic E-state index is 0.0999. The van der Waals surface area contributed by atoms with E-state index in [1.54, 1.807) is 0 Å². The second-order valence-corrected chi connectivity index (χ2v) is 7.71. The molecule has 0 aromatic rings. The van der Waals surface area contributed by atoms with E-state index in [9.17, 15) is 4.55 Å². The van der Waals surface area contributed by atoms with Crippen LogP contribution in [0, 0.1) is 5.41 Å². The maximum Gasteiger partial charge on any atom is 0.144 e. The van der Waals surface area contributed by atoms with Gasteiger partial charge in [-0.05, 0) is 46.5 Å². The van der Waals surface area contributed by atoms with Gasteiger partial charge in [-0.15, -0.1) is 6.58 Å². The third kappa shape index (κ3) is 3.11. The van der Waals surface area contributed by atoms with Gasteiger partial charge in [-0.3, -0.25) is 0 Å². The third-order valence-electron chi connectivity index (χ3n) is 3.15. The molecule has 1 rings (SSSR count). The van der Waals surface area contributed by atoms with Crippen LogP contribution in [0.25, 0.3) is 0 Å². The van der Waals surface area contributed by atoms with Crippen LogP contribution in [0.15, 0.2) is 17.1 Å². The molecule has 0 aromatic heterocycles. The van der Waals surface area contributed by atoms with Crippen molar-refractivity contribution in [3.63, 3.8) is 0 Å². The van der Waals surface area contributed by atoms with Crippen molar-refractivity contribution in [2.24, 2.45) is 9.81 Å². The summed E-state index contributed by atoms with van der Waals surface area (Å²) in [5.74, 6) is 0. The molecule has 1 fully saturated rings. The zero-order valence-corrected chi connectivity index (χ0v) is 11.7. The molecule has 1 unspecified atom stereocenters. The quantitative estimate of drug-likeness (QED) is 0.548. The summed E-state index contributed by atoms with van der Waals surface area (Å²) in [4.78, 5) is 0. The average Bonchev–Trinajstić information content (AvgIpc) is 2.47. The molecular weight excluding hydrogens is 218 g/mol. The maximum absolute atomic E-state index is 12.0. The molecule has 0 aliphatic heterocycles. The Morgan fingerprint density at radius 1 is 1.56 bits per heavy atom. The Labute approximate surface area is 103 Å². The fourth-order valence-corrected chi connectivity index (χ4v) is 2.81. The molecule has 92 valence electrons. The predicted molar refractivity (Wildman–Crippen MR) is 72.1 cm³/mol. The Balaban J connectivity index is 2.86. The van der Waals surface area contributed by atoms with Gasteiger partial charge in [-0.1, -0.05) is 17.4 Å². The first-order valence-corrected chi connectivity index (χ1v) is 7.01. The second-order valence-electron chi connectivity index (χ2n) is 5.81. The number of rotatable bonds is 3. The van der Waals surface area contributed by atoms with Gasteiger partial charge in [-0.25, -0.2) is 0 Å². The summed E-state index contributed by atoms with van der Waals surface area (Å²) in [6.45, 7) is 11.9. The molecule has 16 heavy (non-hydrogen) atoms. The molecule has 0 radical (unpaired) electrons. The van der Waals surface area contributed by atoms with Crippen LogP contribution in [0.1, 0.15) is 53.4 Å². The van der Waals surface area contributed by atoms with E-state index in [2.05, 4.69) is 17.9 Å². The second kappa shape index (κ2) is 4.92. The first-order chi connectivity index (χ1) is 7.29. The fraction of sp³-hybridized carbons (Fsp3) is 0.769. The molecule has 1 aliphatic rings. The normalized spacial score (nSPS) is 30.7. The van der Waals surface area contributed by atoms with Crippen molar-refractivity contribution >= 4 is 17.1 Å². The van der Waals surface area contributed by atoms with E-state index < -0.39 is 11.4 Å². The third-order valence-corrected chi connectivity index (χ3v) is 4.58. The molecule has 0 saturated heterocycles. The van der Waals surface area contributed by atoms with Crippen LogP contribution in [0.4, 0.5) is 0 Å². The van der Waals surface area contributed by atoms with Crippen molar-refractivity contribution in [3.8, 4) is 0 Å². The minimum atomic E-state index is -1.12. The van der Waals surface area contributed by atoms with E-state index in [0.717, 1.165) is 31.4 Å². The molecule has 0 N–H and O–H groups in total. The SMILES string of the molecule is C=CC[C@]1(C)CCC/C1=N\[S+]([O-])C(C)(C)C. The van der Waals surface area contributed by atoms with Gasteiger partial charge >= 0.3 is 0 Å². The van der Waals surface area contributed by atoms with E-state index in [4.69, 9.17) is 0 Å². The summed E-state index contributed by atoms with van der Waals surface area (Å²) in [6.07, 6.45) is 6.17. The van der Waals surface area contributed by atoms with Crippen molar-refractivity contribution in [1.82, 2.24) is 0 Å². The Hall–Kier alpha value is -0.280. The highest BCUT2D eigenvalue weighted by Crippen LogP contribution is 2.39. The number of nitrogens with zero attached hydrogens (tertiary/aromatic N) is 1. The minimum Gasteiger partial charge on any atom is -0.591 e. The van der Waals surface area contributed by atoms with Crippen molar-refractivity contribution in [1.29, 1.82) is 0 Å². The molecule has 3 heteroatoms. The summed E-state index contributed by atoms with van der Waals surface area (Å²) in [6, 6.07) is 0. The molecule has 0 spiro atoms. The van der Waals surface area contributed by atoms with E-state index in [-0.39, 0.29) is 10.2 Å². The maximum atomic E-state index is 12.0.